The molecule has 316 valence electrons. The number of anilines is 1. The summed E-state index contributed by atoms with van der Waals surface area (Å²) in [5.74, 6) is -5.57. The first-order chi connectivity index (χ1) is 27.3. The number of nitrogens with zero attached hydrogens (tertiary/aromatic N) is 4. The van der Waals surface area contributed by atoms with Gasteiger partial charge in [0.15, 0.2) is 11.5 Å². The minimum atomic E-state index is -4.72. The number of esters is 2. The fourth-order valence-electron chi connectivity index (χ4n) is 5.64. The molecule has 3 unspecified atom stereocenters. The number of benzene rings is 2. The van der Waals surface area contributed by atoms with Crippen LogP contribution in [0.3, 0.4) is 0 Å². The molecule has 5 rings (SSSR count). The van der Waals surface area contributed by atoms with Gasteiger partial charge in [-0.1, -0.05) is 36.4 Å². The molecule has 1 saturated heterocycles. The first-order valence-corrected chi connectivity index (χ1v) is 21.3. The maximum atomic E-state index is 17.3. The number of aromatic nitrogens is 4. The lowest BCUT2D eigenvalue weighted by molar-refractivity contribution is -0.151. The average Bonchev–Trinajstić information content (AvgIpc) is 3.66. The van der Waals surface area contributed by atoms with Crippen LogP contribution in [0, 0.1) is 5.41 Å². The van der Waals surface area contributed by atoms with Crippen LogP contribution in [0.5, 0.6) is 11.5 Å². The van der Waals surface area contributed by atoms with Gasteiger partial charge in [0.25, 0.3) is 0 Å². The van der Waals surface area contributed by atoms with Crippen molar-refractivity contribution in [2.75, 3.05) is 18.9 Å². The zero-order valence-corrected chi connectivity index (χ0v) is 34.6. The van der Waals surface area contributed by atoms with E-state index >= 15 is 8.78 Å². The zero-order chi connectivity index (χ0) is 42.5. The highest BCUT2D eigenvalue weighted by Gasteiger charge is 2.69. The number of nitrogen functional groups attached to an aromatic ring is 1. The van der Waals surface area contributed by atoms with Crippen molar-refractivity contribution in [3.63, 3.8) is 0 Å². The summed E-state index contributed by atoms with van der Waals surface area (Å²) in [7, 11) is -9.34. The highest BCUT2D eigenvalue weighted by molar-refractivity contribution is 7.52. The predicted octanol–water partition coefficient (Wildman–Crippen LogP) is 6.21. The summed E-state index contributed by atoms with van der Waals surface area (Å²) in [4.78, 5) is 37.6. The molecule has 1 aliphatic rings. The maximum Gasteiger partial charge on any atom is 0.459 e. The number of halogens is 2. The number of para-hydroxylation sites is 2. The molecular weight excluding hydrogens is 806 g/mol. The van der Waals surface area contributed by atoms with Crippen LogP contribution in [0.2, 0.25) is 0 Å². The molecule has 2 aromatic carbocycles. The van der Waals surface area contributed by atoms with Crippen LogP contribution in [0.25, 0.3) is 11.2 Å². The molecule has 1 aliphatic heterocycles. The van der Waals surface area contributed by atoms with Gasteiger partial charge in [-0.3, -0.25) is 23.2 Å². The fourth-order valence-corrected chi connectivity index (χ4v) is 8.72. The van der Waals surface area contributed by atoms with Crippen LogP contribution >= 0.6 is 15.5 Å². The predicted molar refractivity (Wildman–Crippen MR) is 206 cm³/mol. The van der Waals surface area contributed by atoms with Gasteiger partial charge in [0.1, 0.15) is 35.4 Å². The van der Waals surface area contributed by atoms with Gasteiger partial charge in [0.05, 0.1) is 43.3 Å². The van der Waals surface area contributed by atoms with Crippen LogP contribution in [-0.2, 0) is 42.0 Å². The number of hydrogen-bond donors (Lipinski definition) is 3. The number of alkyl halides is 2. The fraction of sp³-hybridized carbons (Fsp3) is 0.472. The first kappa shape index (κ1) is 44.6. The molecule has 4 aromatic rings. The van der Waals surface area contributed by atoms with Crippen LogP contribution in [0.1, 0.15) is 54.7 Å². The summed E-state index contributed by atoms with van der Waals surface area (Å²) < 4.78 is 104. The minimum Gasteiger partial charge on any atom is -0.462 e. The number of carbonyl (C=O) groups excluding carboxylic acids is 2. The van der Waals surface area contributed by atoms with Crippen molar-refractivity contribution in [2.45, 2.75) is 91.0 Å². The van der Waals surface area contributed by atoms with Gasteiger partial charge < -0.3 is 29.0 Å². The third-order valence-electron chi connectivity index (χ3n) is 8.70. The van der Waals surface area contributed by atoms with Crippen molar-refractivity contribution >= 4 is 44.4 Å². The number of rotatable bonds is 19. The molecule has 58 heavy (non-hydrogen) atoms. The van der Waals surface area contributed by atoms with Crippen LogP contribution in [-0.4, -0.2) is 81.0 Å². The van der Waals surface area contributed by atoms with Gasteiger partial charge in [0.2, 0.25) is 6.23 Å². The van der Waals surface area contributed by atoms with E-state index in [2.05, 4.69) is 25.1 Å². The molecule has 7 atom stereocenters. The summed E-state index contributed by atoms with van der Waals surface area (Å²) in [6.45, 7) is 8.29. The number of carbonyl (C=O) groups is 2. The highest BCUT2D eigenvalue weighted by atomic mass is 31.2. The molecule has 0 saturated carbocycles. The average molecular weight is 854 g/mol. The Morgan fingerprint density at radius 1 is 0.828 bits per heavy atom. The monoisotopic (exact) mass is 853 g/mol. The van der Waals surface area contributed by atoms with Crippen molar-refractivity contribution in [2.24, 2.45) is 5.41 Å². The number of nitrogens with two attached hydrogens (primary N) is 1. The third kappa shape index (κ3) is 10.4. The molecule has 3 heterocycles. The molecule has 4 N–H and O–H groups in total. The number of ether oxygens (including phenoxy) is 3. The summed E-state index contributed by atoms with van der Waals surface area (Å²) in [6.07, 6.45) is -2.87. The number of fused-ring (bicyclic) bond motifs is 1. The van der Waals surface area contributed by atoms with E-state index in [0.717, 1.165) is 24.1 Å². The van der Waals surface area contributed by atoms with Crippen LogP contribution in [0.15, 0.2) is 73.3 Å². The standard InChI is InChI=1S/C36H47F2N7O11P2/c1-22(2)52-32(46)24(5)43-57(48,55-26-14-10-8-11-15-26)50-18-28-35(7,36(37,38)34(54-28)45-21-42-29-30(39)40-20-41-31(29)45)19-51-58(49,56-27-16-12-9-13-17-27)44-25(6)33(47)53-23(3)4/h8-17,20-25,28,34H,18-19H2,1-7H3,(H,43,48)(H,44,49)(H2,39,40,41)/t24-,25-,28+,34+,35?,57?,58?/m0/s1. The number of hydrogen-bond acceptors (Lipinski definition) is 15. The second kappa shape index (κ2) is 18.2. The Morgan fingerprint density at radius 2 is 1.33 bits per heavy atom. The van der Waals surface area contributed by atoms with Crippen LogP contribution < -0.4 is 25.0 Å². The molecular formula is C36H47F2N7O11P2. The molecule has 0 bridgehead atoms. The largest absolute Gasteiger partial charge is 0.462 e. The first-order valence-electron chi connectivity index (χ1n) is 18.2. The molecule has 2 aromatic heterocycles. The SMILES string of the molecule is CC(C)OC(=O)[C@H](C)NP(=O)(OC[C@H]1O[C@@H](n2cnc3c(N)ncnc32)C(F)(F)C1(C)COP(=O)(N[C@@H](C)C(=O)OC(C)C)Oc1ccccc1)Oc1ccccc1. The molecule has 22 heteroatoms. The van der Waals surface area contributed by atoms with Crippen molar-refractivity contribution in [1.82, 2.24) is 29.7 Å². The smallest absolute Gasteiger partial charge is 0.459 e. The molecule has 0 spiro atoms. The maximum absolute atomic E-state index is 17.3. The van der Waals surface area contributed by atoms with Crippen molar-refractivity contribution < 1.29 is 59.8 Å². The second-order valence-electron chi connectivity index (χ2n) is 14.1. The lowest BCUT2D eigenvalue weighted by Gasteiger charge is -2.36. The van der Waals surface area contributed by atoms with E-state index < -0.39 is 88.6 Å². The van der Waals surface area contributed by atoms with Crippen molar-refractivity contribution in [1.29, 1.82) is 0 Å². The van der Waals surface area contributed by atoms with Crippen molar-refractivity contribution in [3.05, 3.63) is 73.3 Å². The topological polar surface area (TPSA) is 227 Å². The minimum absolute atomic E-state index is 0.0130. The summed E-state index contributed by atoms with van der Waals surface area (Å²) in [6, 6.07) is 13.0. The quantitative estimate of drug-likeness (QED) is 0.0703. The summed E-state index contributed by atoms with van der Waals surface area (Å²) >= 11 is 0. The molecule has 0 amide bonds. The van der Waals surface area contributed by atoms with E-state index in [1.165, 1.54) is 38.1 Å². The van der Waals surface area contributed by atoms with Gasteiger partial charge in [-0.15, -0.1) is 0 Å². The van der Waals surface area contributed by atoms with Crippen LogP contribution in [0.4, 0.5) is 14.6 Å². The van der Waals surface area contributed by atoms with Gasteiger partial charge in [-0.05, 0) is 72.7 Å². The number of nitrogens with one attached hydrogen (secondary N) is 2. The molecule has 0 aliphatic carbocycles. The highest BCUT2D eigenvalue weighted by Crippen LogP contribution is 2.59. The van der Waals surface area contributed by atoms with Crippen molar-refractivity contribution in [3.8, 4) is 11.5 Å². The van der Waals surface area contributed by atoms with Gasteiger partial charge >= 0.3 is 33.4 Å². The van der Waals surface area contributed by atoms with E-state index in [1.807, 2.05) is 0 Å². The second-order valence-corrected chi connectivity index (χ2v) is 17.5. The van der Waals surface area contributed by atoms with Gasteiger partial charge in [0, 0.05) is 0 Å². The van der Waals surface area contributed by atoms with E-state index in [4.69, 9.17) is 38.0 Å². The van der Waals surface area contributed by atoms with Gasteiger partial charge in [-0.25, -0.2) is 32.9 Å². The van der Waals surface area contributed by atoms with E-state index in [1.54, 1.807) is 64.1 Å². The third-order valence-corrected chi connectivity index (χ3v) is 12.0. The Bertz CT molecular complexity index is 2130. The normalized spacial score (nSPS) is 22.2. The number of imidazole rings is 1. The molecule has 18 nitrogen and oxygen atoms in total. The Labute approximate surface area is 333 Å². The van der Waals surface area contributed by atoms with E-state index in [9.17, 15) is 18.7 Å². The Kier molecular flexibility index (Phi) is 13.9. The molecule has 1 fully saturated rings. The zero-order valence-electron chi connectivity index (χ0n) is 32.8. The van der Waals surface area contributed by atoms with E-state index in [0.29, 0.717) is 0 Å². The lowest BCUT2D eigenvalue weighted by Crippen LogP contribution is -2.49. The lowest BCUT2D eigenvalue weighted by atomic mass is 9.80. The van der Waals surface area contributed by atoms with Gasteiger partial charge in [-0.2, -0.15) is 10.2 Å². The summed E-state index contributed by atoms with van der Waals surface area (Å²) in [5.41, 5.74) is 3.35. The molecule has 0 radical (unpaired) electrons. The Morgan fingerprint density at radius 3 is 1.83 bits per heavy atom. The Hall–Kier alpha value is -4.55. The van der Waals surface area contributed by atoms with E-state index in [-0.39, 0.29) is 28.5 Å². The summed E-state index contributed by atoms with van der Waals surface area (Å²) in [5, 5.41) is 5.00. The Balaban J connectivity index is 1.52.